The highest BCUT2D eigenvalue weighted by Gasteiger charge is 2.23. The van der Waals surface area contributed by atoms with Gasteiger partial charge in [-0.25, -0.2) is 0 Å². The molecular weight excluding hydrogens is 366 g/mol. The van der Waals surface area contributed by atoms with E-state index in [1.807, 2.05) is 72.8 Å². The number of nitrogens with one attached hydrogen (secondary N) is 1. The second-order valence-corrected chi connectivity index (χ2v) is 6.66. The van der Waals surface area contributed by atoms with Crippen molar-refractivity contribution in [3.05, 3.63) is 89.5 Å². The van der Waals surface area contributed by atoms with Crippen molar-refractivity contribution >= 4 is 0 Å². The summed E-state index contributed by atoms with van der Waals surface area (Å²) < 4.78 is 16.3. The first-order chi connectivity index (χ1) is 14.2. The third-order valence-electron chi connectivity index (χ3n) is 4.87. The van der Waals surface area contributed by atoms with Gasteiger partial charge in [0.25, 0.3) is 0 Å². The van der Waals surface area contributed by atoms with E-state index in [2.05, 4.69) is 5.32 Å². The topological polar surface area (TPSA) is 60.0 Å². The summed E-state index contributed by atoms with van der Waals surface area (Å²) >= 11 is 0. The molecule has 0 saturated heterocycles. The molecule has 29 heavy (non-hydrogen) atoms. The number of hydrogen-bond donors (Lipinski definition) is 2. The van der Waals surface area contributed by atoms with Crippen molar-refractivity contribution in [3.63, 3.8) is 0 Å². The highest BCUT2D eigenvalue weighted by atomic mass is 16.5. The predicted molar refractivity (Wildman–Crippen MR) is 114 cm³/mol. The van der Waals surface area contributed by atoms with Crippen molar-refractivity contribution in [1.29, 1.82) is 0 Å². The Kier molecular flexibility index (Phi) is 7.11. The summed E-state index contributed by atoms with van der Waals surface area (Å²) in [5.74, 6) is 1.76. The van der Waals surface area contributed by atoms with Gasteiger partial charge in [0.15, 0.2) is 11.5 Å². The van der Waals surface area contributed by atoms with Crippen LogP contribution in [0.1, 0.15) is 28.8 Å². The van der Waals surface area contributed by atoms with Crippen LogP contribution in [0.25, 0.3) is 0 Å². The first kappa shape index (κ1) is 20.7. The van der Waals surface area contributed by atoms with Crippen LogP contribution in [-0.2, 0) is 6.54 Å². The fourth-order valence-corrected chi connectivity index (χ4v) is 3.38. The van der Waals surface area contributed by atoms with Gasteiger partial charge in [-0.1, -0.05) is 60.7 Å². The molecule has 0 aliphatic rings. The standard InChI is InChI=1S/C24H27NO4/c1-27-20-14-17(15-21(28-2)24(20)29-3)16-25-22(18-10-6-4-7-11-18)23(26)19-12-8-5-9-13-19/h4-15,22-23,25-26H,16H2,1-3H3/t22-,23+/m0/s1. The molecule has 2 N–H and O–H groups in total. The summed E-state index contributed by atoms with van der Waals surface area (Å²) in [5.41, 5.74) is 2.83. The number of ether oxygens (including phenoxy) is 3. The lowest BCUT2D eigenvalue weighted by Crippen LogP contribution is -2.27. The fraction of sp³-hybridized carbons (Fsp3) is 0.250. The van der Waals surface area contributed by atoms with E-state index in [0.717, 1.165) is 16.7 Å². The lowest BCUT2D eigenvalue weighted by Gasteiger charge is -2.25. The number of aliphatic hydroxyl groups is 1. The molecule has 2 atom stereocenters. The van der Waals surface area contributed by atoms with Gasteiger partial charge in [-0.05, 0) is 28.8 Å². The molecular formula is C24H27NO4. The van der Waals surface area contributed by atoms with Gasteiger partial charge in [-0.3, -0.25) is 0 Å². The van der Waals surface area contributed by atoms with Crippen molar-refractivity contribution in [2.75, 3.05) is 21.3 Å². The molecule has 0 bridgehead atoms. The predicted octanol–water partition coefficient (Wildman–Crippen LogP) is 4.28. The summed E-state index contributed by atoms with van der Waals surface area (Å²) in [5, 5.41) is 14.6. The van der Waals surface area contributed by atoms with E-state index in [0.29, 0.717) is 23.8 Å². The minimum Gasteiger partial charge on any atom is -0.493 e. The van der Waals surface area contributed by atoms with E-state index in [1.165, 1.54) is 0 Å². The van der Waals surface area contributed by atoms with Gasteiger partial charge < -0.3 is 24.6 Å². The van der Waals surface area contributed by atoms with Crippen LogP contribution < -0.4 is 19.5 Å². The summed E-state index contributed by atoms with van der Waals surface area (Å²) in [6, 6.07) is 23.1. The molecule has 5 heteroatoms. The SMILES string of the molecule is COc1cc(CN[C@@H](c2ccccc2)[C@H](O)c2ccccc2)cc(OC)c1OC. The molecule has 0 aromatic heterocycles. The minimum atomic E-state index is -0.694. The molecule has 3 aromatic carbocycles. The van der Waals surface area contributed by atoms with Crippen LogP contribution in [0.5, 0.6) is 17.2 Å². The van der Waals surface area contributed by atoms with E-state index in [4.69, 9.17) is 14.2 Å². The van der Waals surface area contributed by atoms with Crippen LogP contribution in [-0.4, -0.2) is 26.4 Å². The quantitative estimate of drug-likeness (QED) is 0.568. The minimum absolute atomic E-state index is 0.280. The van der Waals surface area contributed by atoms with Crippen molar-refractivity contribution in [2.45, 2.75) is 18.7 Å². The van der Waals surface area contributed by atoms with E-state index < -0.39 is 6.10 Å². The van der Waals surface area contributed by atoms with Gasteiger partial charge in [0.2, 0.25) is 5.75 Å². The van der Waals surface area contributed by atoms with Crippen LogP contribution in [0.3, 0.4) is 0 Å². The zero-order chi connectivity index (χ0) is 20.6. The second kappa shape index (κ2) is 9.96. The number of methoxy groups -OCH3 is 3. The van der Waals surface area contributed by atoms with Gasteiger partial charge >= 0.3 is 0 Å². The Morgan fingerprint density at radius 1 is 0.759 bits per heavy atom. The summed E-state index contributed by atoms with van der Waals surface area (Å²) in [6.07, 6.45) is -0.694. The van der Waals surface area contributed by atoms with E-state index in [-0.39, 0.29) is 6.04 Å². The molecule has 152 valence electrons. The Bertz CT molecular complexity index is 874. The highest BCUT2D eigenvalue weighted by Crippen LogP contribution is 2.38. The van der Waals surface area contributed by atoms with E-state index in [9.17, 15) is 5.11 Å². The maximum atomic E-state index is 11.1. The van der Waals surface area contributed by atoms with E-state index >= 15 is 0 Å². The van der Waals surface area contributed by atoms with Crippen LogP contribution in [0.15, 0.2) is 72.8 Å². The van der Waals surface area contributed by atoms with Gasteiger partial charge in [0, 0.05) is 6.54 Å². The van der Waals surface area contributed by atoms with Gasteiger partial charge in [-0.2, -0.15) is 0 Å². The Morgan fingerprint density at radius 3 is 1.76 bits per heavy atom. The molecule has 0 aliphatic carbocycles. The summed E-state index contributed by atoms with van der Waals surface area (Å²) in [7, 11) is 4.78. The number of rotatable bonds is 9. The third-order valence-corrected chi connectivity index (χ3v) is 4.87. The molecule has 0 spiro atoms. The summed E-state index contributed by atoms with van der Waals surface area (Å²) in [4.78, 5) is 0. The van der Waals surface area contributed by atoms with Gasteiger partial charge in [-0.15, -0.1) is 0 Å². The smallest absolute Gasteiger partial charge is 0.203 e. The van der Waals surface area contributed by atoms with Crippen LogP contribution >= 0.6 is 0 Å². The molecule has 0 heterocycles. The van der Waals surface area contributed by atoms with Gasteiger partial charge in [0.1, 0.15) is 0 Å². The lowest BCUT2D eigenvalue weighted by atomic mass is 9.95. The molecule has 3 rings (SSSR count). The molecule has 0 unspecified atom stereocenters. The van der Waals surface area contributed by atoms with Crippen LogP contribution in [0.4, 0.5) is 0 Å². The first-order valence-electron chi connectivity index (χ1n) is 9.48. The Balaban J connectivity index is 1.87. The summed E-state index contributed by atoms with van der Waals surface area (Å²) in [6.45, 7) is 0.514. The normalized spacial score (nSPS) is 12.8. The largest absolute Gasteiger partial charge is 0.493 e. The van der Waals surface area contributed by atoms with E-state index in [1.54, 1.807) is 21.3 Å². The molecule has 3 aromatic rings. The first-order valence-corrected chi connectivity index (χ1v) is 9.48. The maximum Gasteiger partial charge on any atom is 0.203 e. The molecule has 0 fully saturated rings. The Labute approximate surface area is 171 Å². The van der Waals surface area contributed by atoms with Crippen LogP contribution in [0.2, 0.25) is 0 Å². The molecule has 0 amide bonds. The average Bonchev–Trinajstić information content (AvgIpc) is 2.79. The van der Waals surface area contributed by atoms with Crippen molar-refractivity contribution in [3.8, 4) is 17.2 Å². The average molecular weight is 393 g/mol. The monoisotopic (exact) mass is 393 g/mol. The highest BCUT2D eigenvalue weighted by molar-refractivity contribution is 5.53. The van der Waals surface area contributed by atoms with Crippen LogP contribution in [0, 0.1) is 0 Å². The fourth-order valence-electron chi connectivity index (χ4n) is 3.38. The third kappa shape index (κ3) is 4.88. The van der Waals surface area contributed by atoms with Crippen molar-refractivity contribution in [1.82, 2.24) is 5.32 Å². The zero-order valence-electron chi connectivity index (χ0n) is 17.0. The number of benzene rings is 3. The second-order valence-electron chi connectivity index (χ2n) is 6.66. The van der Waals surface area contributed by atoms with Crippen molar-refractivity contribution in [2.24, 2.45) is 0 Å². The molecule has 0 aliphatic heterocycles. The number of aliphatic hydroxyl groups excluding tert-OH is 1. The number of hydrogen-bond acceptors (Lipinski definition) is 5. The van der Waals surface area contributed by atoms with Gasteiger partial charge in [0.05, 0.1) is 33.5 Å². The lowest BCUT2D eigenvalue weighted by molar-refractivity contribution is 0.127. The molecule has 0 radical (unpaired) electrons. The molecule has 0 saturated carbocycles. The zero-order valence-corrected chi connectivity index (χ0v) is 17.0. The Morgan fingerprint density at radius 2 is 1.28 bits per heavy atom. The Hall–Kier alpha value is -3.02. The molecule has 5 nitrogen and oxygen atoms in total. The maximum absolute atomic E-state index is 11.1. The van der Waals surface area contributed by atoms with Crippen molar-refractivity contribution < 1.29 is 19.3 Å².